The van der Waals surface area contributed by atoms with E-state index >= 15 is 0 Å². The summed E-state index contributed by atoms with van der Waals surface area (Å²) in [6.07, 6.45) is 0. The van der Waals surface area contributed by atoms with Crippen molar-refractivity contribution in [2.75, 3.05) is 38.0 Å². The zero-order chi connectivity index (χ0) is 21.6. The minimum Gasteiger partial charge on any atom is -0.377 e. The fourth-order valence-corrected chi connectivity index (χ4v) is 3.72. The molecule has 2 amide bonds. The zero-order valence-electron chi connectivity index (χ0n) is 18.1. The highest BCUT2D eigenvalue weighted by Crippen LogP contribution is 2.27. The average Bonchev–Trinajstić information content (AvgIpc) is 3.19. The topological polar surface area (TPSA) is 61.9 Å². The van der Waals surface area contributed by atoms with E-state index in [0.717, 1.165) is 16.1 Å². The number of carbonyl (C=O) groups excluding carboxylic acids is 2. The van der Waals surface area contributed by atoms with Crippen LogP contribution in [-0.4, -0.2) is 50.6 Å². The summed E-state index contributed by atoms with van der Waals surface area (Å²) in [5.41, 5.74) is 2.67. The normalized spacial score (nSPS) is 12.0. The number of benzene rings is 1. The molecule has 0 aliphatic heterocycles. The average molecular weight is 418 g/mol. The van der Waals surface area contributed by atoms with E-state index < -0.39 is 0 Å². The Morgan fingerprint density at radius 3 is 2.45 bits per heavy atom. The monoisotopic (exact) mass is 417 g/mol. The Morgan fingerprint density at radius 1 is 1.17 bits per heavy atom. The zero-order valence-corrected chi connectivity index (χ0v) is 18.9. The Balaban J connectivity index is 2.39. The highest BCUT2D eigenvalue weighted by atomic mass is 32.1. The summed E-state index contributed by atoms with van der Waals surface area (Å²) >= 11 is 1.45. The molecule has 158 valence electrons. The first kappa shape index (κ1) is 22.9. The molecule has 0 radical (unpaired) electrons. The van der Waals surface area contributed by atoms with E-state index in [0.29, 0.717) is 18.2 Å². The summed E-state index contributed by atoms with van der Waals surface area (Å²) in [7, 11) is 5.43. The third-order valence-corrected chi connectivity index (χ3v) is 5.77. The molecule has 1 aromatic heterocycles. The molecular formula is C22H31N3O3S. The standard InChI is InChI=1S/C22H31N3O3S/c1-15(2)16(3)25(22(27)20-8-7-11-29-20)13-17-12-18(23-21(26)14-28-6)9-10-19(17)24(4)5/h7-12,15-16H,13-14H2,1-6H3,(H,23,26)/t16-/m0/s1. The van der Waals surface area contributed by atoms with Gasteiger partial charge in [-0.05, 0) is 48.1 Å². The molecule has 0 unspecified atom stereocenters. The number of anilines is 2. The van der Waals surface area contributed by atoms with Gasteiger partial charge in [0, 0.05) is 45.2 Å². The Morgan fingerprint density at radius 2 is 1.90 bits per heavy atom. The lowest BCUT2D eigenvalue weighted by Gasteiger charge is -2.33. The summed E-state index contributed by atoms with van der Waals surface area (Å²) in [5.74, 6) is 0.129. The van der Waals surface area contributed by atoms with Crippen LogP contribution in [0.4, 0.5) is 11.4 Å². The maximum atomic E-state index is 13.2. The third kappa shape index (κ3) is 6.05. The highest BCUT2D eigenvalue weighted by Gasteiger charge is 2.26. The van der Waals surface area contributed by atoms with Crippen LogP contribution in [0, 0.1) is 5.92 Å². The van der Waals surface area contributed by atoms with E-state index in [2.05, 4.69) is 26.1 Å². The van der Waals surface area contributed by atoms with Gasteiger partial charge in [0.25, 0.3) is 5.91 Å². The maximum absolute atomic E-state index is 13.2. The molecular weight excluding hydrogens is 386 g/mol. The van der Waals surface area contributed by atoms with Crippen LogP contribution in [0.3, 0.4) is 0 Å². The number of carbonyl (C=O) groups is 2. The number of thiophene rings is 1. The van der Waals surface area contributed by atoms with Crippen LogP contribution >= 0.6 is 11.3 Å². The summed E-state index contributed by atoms with van der Waals surface area (Å²) in [4.78, 5) is 29.8. The molecule has 7 heteroatoms. The second-order valence-corrected chi connectivity index (χ2v) is 8.56. The van der Waals surface area contributed by atoms with Crippen LogP contribution in [0.25, 0.3) is 0 Å². The van der Waals surface area contributed by atoms with Gasteiger partial charge >= 0.3 is 0 Å². The minimum absolute atomic E-state index is 0.00185. The van der Waals surface area contributed by atoms with Gasteiger partial charge in [0.2, 0.25) is 5.91 Å². The fourth-order valence-electron chi connectivity index (χ4n) is 3.04. The summed E-state index contributed by atoms with van der Waals surface area (Å²) in [6.45, 7) is 6.77. The Hall–Kier alpha value is -2.38. The van der Waals surface area contributed by atoms with Crippen molar-refractivity contribution in [3.05, 3.63) is 46.2 Å². The summed E-state index contributed by atoms with van der Waals surface area (Å²) in [5, 5.41) is 4.77. The molecule has 1 aromatic carbocycles. The number of ether oxygens (including phenoxy) is 1. The van der Waals surface area contributed by atoms with Crippen LogP contribution in [0.1, 0.15) is 36.0 Å². The van der Waals surface area contributed by atoms with Gasteiger partial charge in [-0.3, -0.25) is 9.59 Å². The molecule has 6 nitrogen and oxygen atoms in total. The van der Waals surface area contributed by atoms with Crippen LogP contribution in [0.5, 0.6) is 0 Å². The molecule has 1 heterocycles. The van der Waals surface area contributed by atoms with Crippen molar-refractivity contribution in [1.29, 1.82) is 0 Å². The van der Waals surface area contributed by atoms with Gasteiger partial charge in [-0.2, -0.15) is 0 Å². The van der Waals surface area contributed by atoms with Gasteiger partial charge in [0.15, 0.2) is 0 Å². The number of methoxy groups -OCH3 is 1. The van der Waals surface area contributed by atoms with Gasteiger partial charge in [0.05, 0.1) is 4.88 Å². The first-order valence-corrected chi connectivity index (χ1v) is 10.6. The van der Waals surface area contributed by atoms with Crippen molar-refractivity contribution < 1.29 is 14.3 Å². The maximum Gasteiger partial charge on any atom is 0.264 e. The molecule has 1 N–H and O–H groups in total. The number of hydrogen-bond acceptors (Lipinski definition) is 5. The number of amides is 2. The van der Waals surface area contributed by atoms with E-state index in [4.69, 9.17) is 4.74 Å². The number of rotatable bonds is 9. The smallest absolute Gasteiger partial charge is 0.264 e. The lowest BCUT2D eigenvalue weighted by atomic mass is 10.0. The predicted molar refractivity (Wildman–Crippen MR) is 120 cm³/mol. The minimum atomic E-state index is -0.210. The summed E-state index contributed by atoms with van der Waals surface area (Å²) < 4.78 is 4.89. The number of nitrogens with zero attached hydrogens (tertiary/aromatic N) is 2. The molecule has 0 spiro atoms. The van der Waals surface area contributed by atoms with Gasteiger partial charge in [-0.1, -0.05) is 19.9 Å². The van der Waals surface area contributed by atoms with Gasteiger partial charge in [0.1, 0.15) is 6.61 Å². The van der Waals surface area contributed by atoms with Crippen LogP contribution in [-0.2, 0) is 16.1 Å². The van der Waals surface area contributed by atoms with Gasteiger partial charge in [-0.15, -0.1) is 11.3 Å². The Labute approximate surface area is 177 Å². The van der Waals surface area contributed by atoms with E-state index in [1.807, 2.05) is 59.6 Å². The van der Waals surface area contributed by atoms with Crippen molar-refractivity contribution in [2.45, 2.75) is 33.4 Å². The molecule has 0 fully saturated rings. The highest BCUT2D eigenvalue weighted by molar-refractivity contribution is 7.12. The predicted octanol–water partition coefficient (Wildman–Crippen LogP) is 4.09. The lowest BCUT2D eigenvalue weighted by Crippen LogP contribution is -2.41. The second-order valence-electron chi connectivity index (χ2n) is 7.61. The second kappa shape index (κ2) is 10.4. The Kier molecular flexibility index (Phi) is 8.22. The SMILES string of the molecule is COCC(=O)Nc1ccc(N(C)C)c(CN(C(=O)c2cccs2)[C@@H](C)C(C)C)c1. The largest absolute Gasteiger partial charge is 0.377 e. The summed E-state index contributed by atoms with van der Waals surface area (Å²) in [6, 6.07) is 9.58. The first-order chi connectivity index (χ1) is 13.7. The molecule has 0 aliphatic carbocycles. The van der Waals surface area contributed by atoms with Gasteiger partial charge < -0.3 is 19.9 Å². The van der Waals surface area contributed by atoms with Crippen LogP contribution < -0.4 is 10.2 Å². The van der Waals surface area contributed by atoms with Gasteiger partial charge in [-0.25, -0.2) is 0 Å². The molecule has 1 atom stereocenters. The van der Waals surface area contributed by atoms with E-state index in [1.165, 1.54) is 18.4 Å². The van der Waals surface area contributed by atoms with E-state index in [9.17, 15) is 9.59 Å². The quantitative estimate of drug-likeness (QED) is 0.668. The third-order valence-electron chi connectivity index (χ3n) is 4.91. The number of nitrogens with one attached hydrogen (secondary N) is 1. The van der Waals surface area contributed by atoms with Crippen LogP contribution in [0.15, 0.2) is 35.7 Å². The lowest BCUT2D eigenvalue weighted by molar-refractivity contribution is -0.119. The van der Waals surface area contributed by atoms with Crippen molar-refractivity contribution in [3.63, 3.8) is 0 Å². The van der Waals surface area contributed by atoms with Crippen molar-refractivity contribution >= 4 is 34.5 Å². The molecule has 2 aromatic rings. The number of hydrogen-bond donors (Lipinski definition) is 1. The molecule has 29 heavy (non-hydrogen) atoms. The molecule has 0 saturated heterocycles. The first-order valence-electron chi connectivity index (χ1n) is 9.68. The van der Waals surface area contributed by atoms with Crippen molar-refractivity contribution in [3.8, 4) is 0 Å². The fraction of sp³-hybridized carbons (Fsp3) is 0.455. The molecule has 0 bridgehead atoms. The molecule has 0 saturated carbocycles. The molecule has 0 aliphatic rings. The Bertz CT molecular complexity index is 819. The van der Waals surface area contributed by atoms with E-state index in [1.54, 1.807) is 0 Å². The van der Waals surface area contributed by atoms with Crippen molar-refractivity contribution in [2.24, 2.45) is 5.92 Å². The van der Waals surface area contributed by atoms with Crippen LogP contribution in [0.2, 0.25) is 0 Å². The van der Waals surface area contributed by atoms with Crippen molar-refractivity contribution in [1.82, 2.24) is 4.90 Å². The van der Waals surface area contributed by atoms with E-state index in [-0.39, 0.29) is 24.5 Å². The molecule has 2 rings (SSSR count).